The molecule has 20 heavy (non-hydrogen) atoms. The zero-order valence-corrected chi connectivity index (χ0v) is 10.9. The topological polar surface area (TPSA) is 76.3 Å². The van der Waals surface area contributed by atoms with Gasteiger partial charge in [-0.05, 0) is 12.1 Å². The highest BCUT2D eigenvalue weighted by molar-refractivity contribution is 6.52. The Morgan fingerprint density at radius 1 is 1.40 bits per heavy atom. The minimum absolute atomic E-state index is 0.0709. The molecular weight excluding hydrogens is 289 g/mol. The lowest BCUT2D eigenvalue weighted by Gasteiger charge is -2.14. The van der Waals surface area contributed by atoms with Crippen molar-refractivity contribution in [2.75, 3.05) is 4.90 Å². The summed E-state index contributed by atoms with van der Waals surface area (Å²) in [6, 6.07) is 2.20. The molecule has 1 aromatic heterocycles. The number of aromatic nitrogens is 2. The van der Waals surface area contributed by atoms with Crippen molar-refractivity contribution in [2.24, 2.45) is 0 Å². The van der Waals surface area contributed by atoms with Crippen LogP contribution in [0.1, 0.15) is 22.1 Å². The largest absolute Gasteiger partial charge is 0.340 e. The third-order valence-corrected chi connectivity index (χ3v) is 3.17. The number of nitrogens with zero attached hydrogens (tertiary/aromatic N) is 3. The van der Waals surface area contributed by atoms with Gasteiger partial charge in [-0.15, -0.1) is 0 Å². The number of carbonyl (C=O) groups excluding carboxylic acids is 2. The van der Waals surface area contributed by atoms with Crippen LogP contribution in [0, 0.1) is 12.7 Å². The molecule has 0 atom stereocenters. The van der Waals surface area contributed by atoms with E-state index >= 15 is 0 Å². The summed E-state index contributed by atoms with van der Waals surface area (Å²) < 4.78 is 18.3. The van der Waals surface area contributed by atoms with E-state index < -0.39 is 17.5 Å². The first-order valence-corrected chi connectivity index (χ1v) is 5.99. The van der Waals surface area contributed by atoms with Crippen LogP contribution < -0.4 is 4.90 Å². The summed E-state index contributed by atoms with van der Waals surface area (Å²) in [4.78, 5) is 28.8. The van der Waals surface area contributed by atoms with E-state index in [0.717, 1.165) is 17.0 Å². The summed E-state index contributed by atoms with van der Waals surface area (Å²) >= 11 is 5.62. The number of amides is 1. The molecule has 102 valence electrons. The fourth-order valence-corrected chi connectivity index (χ4v) is 2.16. The lowest BCUT2D eigenvalue weighted by atomic mass is 10.1. The normalized spacial score (nSPS) is 14.1. The van der Waals surface area contributed by atoms with Gasteiger partial charge in [0.15, 0.2) is 5.82 Å². The summed E-state index contributed by atoms with van der Waals surface area (Å²) in [6.45, 7) is 1.52. The molecular formula is C12H7ClFN3O3. The average Bonchev–Trinajstić information content (AvgIpc) is 2.90. The fraction of sp³-hybridized carbons (Fsp3) is 0.167. The summed E-state index contributed by atoms with van der Waals surface area (Å²) in [7, 11) is 0. The van der Waals surface area contributed by atoms with Gasteiger partial charge in [-0.2, -0.15) is 4.98 Å². The van der Waals surface area contributed by atoms with Gasteiger partial charge in [-0.25, -0.2) is 4.39 Å². The van der Waals surface area contributed by atoms with Crippen LogP contribution in [0.5, 0.6) is 0 Å². The first kappa shape index (κ1) is 12.7. The second kappa shape index (κ2) is 4.38. The predicted octanol–water partition coefficient (Wildman–Crippen LogP) is 1.90. The van der Waals surface area contributed by atoms with Crippen LogP contribution in [0.2, 0.25) is 5.02 Å². The molecule has 0 spiro atoms. The molecule has 0 saturated heterocycles. The van der Waals surface area contributed by atoms with Crippen LogP contribution in [-0.4, -0.2) is 21.8 Å². The maximum Gasteiger partial charge on any atom is 0.299 e. The van der Waals surface area contributed by atoms with E-state index in [9.17, 15) is 14.0 Å². The van der Waals surface area contributed by atoms with Gasteiger partial charge >= 0.3 is 0 Å². The lowest BCUT2D eigenvalue weighted by molar-refractivity contribution is -0.114. The van der Waals surface area contributed by atoms with E-state index in [-0.39, 0.29) is 28.6 Å². The number of halogens is 2. The summed E-state index contributed by atoms with van der Waals surface area (Å²) in [5.74, 6) is -1.65. The highest BCUT2D eigenvalue weighted by atomic mass is 35.5. The van der Waals surface area contributed by atoms with Gasteiger partial charge in [0.2, 0.25) is 5.89 Å². The number of benzene rings is 1. The van der Waals surface area contributed by atoms with Crippen molar-refractivity contribution < 1.29 is 18.5 Å². The van der Waals surface area contributed by atoms with Crippen molar-refractivity contribution in [3.63, 3.8) is 0 Å². The molecule has 0 unspecified atom stereocenters. The number of hydrogen-bond acceptors (Lipinski definition) is 5. The molecule has 1 aliphatic heterocycles. The molecule has 0 aliphatic carbocycles. The van der Waals surface area contributed by atoms with E-state index in [1.165, 1.54) is 0 Å². The van der Waals surface area contributed by atoms with Crippen LogP contribution in [0.4, 0.5) is 10.1 Å². The molecule has 1 aromatic carbocycles. The summed E-state index contributed by atoms with van der Waals surface area (Å²) in [6.07, 6.45) is 0. The van der Waals surface area contributed by atoms with Gasteiger partial charge in [0.05, 0.1) is 22.8 Å². The lowest BCUT2D eigenvalue weighted by Crippen LogP contribution is -2.29. The van der Waals surface area contributed by atoms with Gasteiger partial charge in [-0.3, -0.25) is 14.5 Å². The van der Waals surface area contributed by atoms with Gasteiger partial charge in [0.1, 0.15) is 5.82 Å². The van der Waals surface area contributed by atoms with Crippen molar-refractivity contribution in [1.29, 1.82) is 0 Å². The van der Waals surface area contributed by atoms with Crippen molar-refractivity contribution >= 4 is 29.0 Å². The van der Waals surface area contributed by atoms with E-state index in [4.69, 9.17) is 16.1 Å². The minimum atomic E-state index is -0.774. The number of hydrogen-bond donors (Lipinski definition) is 0. The maximum absolute atomic E-state index is 13.5. The molecule has 0 N–H and O–H groups in total. The van der Waals surface area contributed by atoms with E-state index in [1.807, 2.05) is 0 Å². The molecule has 0 fully saturated rings. The van der Waals surface area contributed by atoms with Gasteiger partial charge < -0.3 is 4.52 Å². The molecule has 8 heteroatoms. The second-order valence-corrected chi connectivity index (χ2v) is 4.64. The molecule has 1 amide bonds. The minimum Gasteiger partial charge on any atom is -0.340 e. The Labute approximate surface area is 117 Å². The smallest absolute Gasteiger partial charge is 0.299 e. The van der Waals surface area contributed by atoms with Crippen LogP contribution >= 0.6 is 11.6 Å². The van der Waals surface area contributed by atoms with E-state index in [2.05, 4.69) is 10.1 Å². The Kier molecular flexibility index (Phi) is 2.79. The SMILES string of the molecule is Cc1nc(CN2C(=O)C(=O)c3cc(Cl)c(F)cc32)no1. The second-order valence-electron chi connectivity index (χ2n) is 4.23. The zero-order valence-electron chi connectivity index (χ0n) is 10.2. The monoisotopic (exact) mass is 295 g/mol. The third-order valence-electron chi connectivity index (χ3n) is 2.88. The molecule has 6 nitrogen and oxygen atoms in total. The third kappa shape index (κ3) is 1.87. The maximum atomic E-state index is 13.5. The van der Waals surface area contributed by atoms with Crippen molar-refractivity contribution in [3.05, 3.63) is 40.3 Å². The van der Waals surface area contributed by atoms with Crippen LogP contribution in [0.3, 0.4) is 0 Å². The first-order chi connectivity index (χ1) is 9.47. The van der Waals surface area contributed by atoms with Crippen molar-refractivity contribution in [3.8, 4) is 0 Å². The molecule has 1 aliphatic rings. The molecule has 0 bridgehead atoms. The predicted molar refractivity (Wildman–Crippen MR) is 66.0 cm³/mol. The first-order valence-electron chi connectivity index (χ1n) is 5.62. The molecule has 0 radical (unpaired) electrons. The molecule has 3 rings (SSSR count). The highest BCUT2D eigenvalue weighted by Gasteiger charge is 2.37. The number of Topliss-reactive ketones (excluding diaryl/α,β-unsaturated/α-hetero) is 1. The summed E-state index contributed by atoms with van der Waals surface area (Å²) in [5.41, 5.74) is 0.228. The number of fused-ring (bicyclic) bond motifs is 1. The Morgan fingerprint density at radius 3 is 2.80 bits per heavy atom. The quantitative estimate of drug-likeness (QED) is 0.791. The van der Waals surface area contributed by atoms with Gasteiger partial charge in [0, 0.05) is 6.92 Å². The van der Waals surface area contributed by atoms with Gasteiger partial charge in [-0.1, -0.05) is 16.8 Å². The van der Waals surface area contributed by atoms with Crippen LogP contribution in [-0.2, 0) is 11.3 Å². The molecule has 2 heterocycles. The zero-order chi connectivity index (χ0) is 14.4. The molecule has 2 aromatic rings. The van der Waals surface area contributed by atoms with Crippen molar-refractivity contribution in [1.82, 2.24) is 10.1 Å². The van der Waals surface area contributed by atoms with E-state index in [1.54, 1.807) is 6.92 Å². The number of aryl methyl sites for hydroxylation is 1. The standard InChI is InChI=1S/C12H7ClFN3O3/c1-5-15-10(16-20-5)4-17-9-3-8(14)7(13)2-6(9)11(18)12(17)19/h2-3H,4H2,1H3. The summed E-state index contributed by atoms with van der Waals surface area (Å²) in [5, 5.41) is 3.43. The Hall–Kier alpha value is -2.28. The highest BCUT2D eigenvalue weighted by Crippen LogP contribution is 2.33. The number of carbonyl (C=O) groups is 2. The average molecular weight is 296 g/mol. The van der Waals surface area contributed by atoms with E-state index in [0.29, 0.717) is 5.89 Å². The van der Waals surface area contributed by atoms with Crippen LogP contribution in [0.25, 0.3) is 0 Å². The van der Waals surface area contributed by atoms with Gasteiger partial charge in [0.25, 0.3) is 11.7 Å². The number of ketones is 1. The Bertz CT molecular complexity index is 744. The Balaban J connectivity index is 2.03. The van der Waals surface area contributed by atoms with Crippen molar-refractivity contribution in [2.45, 2.75) is 13.5 Å². The number of rotatable bonds is 2. The molecule has 0 saturated carbocycles. The van der Waals surface area contributed by atoms with Crippen LogP contribution in [0.15, 0.2) is 16.7 Å². The Morgan fingerprint density at radius 2 is 2.15 bits per heavy atom. The number of anilines is 1. The fourth-order valence-electron chi connectivity index (χ4n) is 1.99.